The molecule has 0 aromatic carbocycles. The van der Waals surface area contributed by atoms with Crippen molar-refractivity contribution in [3.8, 4) is 5.82 Å². The number of halogens is 2. The number of anilines is 1. The molecule has 1 N–H and O–H groups in total. The molecule has 0 saturated heterocycles. The average Bonchev–Trinajstić information content (AvgIpc) is 2.60. The molecule has 0 atom stereocenters. The van der Waals surface area contributed by atoms with Crippen LogP contribution in [0.1, 0.15) is 6.92 Å². The number of pyridine rings is 1. The molecule has 2 aromatic rings. The standard InChI is InChI=1S/C10H8Cl2N4O/c1-6(17)15-7-2-3-8(13-4-7)16-5-14-9(11)10(16)12/h2-5H,1H3,(H,15,17). The second kappa shape index (κ2) is 4.73. The molecule has 0 spiro atoms. The molecule has 0 aliphatic heterocycles. The van der Waals surface area contributed by atoms with Gasteiger partial charge in [0.2, 0.25) is 5.91 Å². The molecule has 1 amide bonds. The van der Waals surface area contributed by atoms with Gasteiger partial charge in [-0.1, -0.05) is 23.2 Å². The van der Waals surface area contributed by atoms with Crippen molar-refractivity contribution in [2.75, 3.05) is 5.32 Å². The van der Waals surface area contributed by atoms with E-state index in [0.717, 1.165) is 0 Å². The lowest BCUT2D eigenvalue weighted by atomic mass is 10.4. The van der Waals surface area contributed by atoms with Gasteiger partial charge in [-0.2, -0.15) is 0 Å². The highest BCUT2D eigenvalue weighted by molar-refractivity contribution is 6.40. The summed E-state index contributed by atoms with van der Waals surface area (Å²) < 4.78 is 1.54. The normalized spacial score (nSPS) is 10.3. The Bertz CT molecular complexity index is 550. The van der Waals surface area contributed by atoms with Crippen molar-refractivity contribution < 1.29 is 4.79 Å². The summed E-state index contributed by atoms with van der Waals surface area (Å²) in [5.74, 6) is 0.423. The van der Waals surface area contributed by atoms with Crippen LogP contribution in [0.15, 0.2) is 24.7 Å². The number of aromatic nitrogens is 3. The summed E-state index contributed by atoms with van der Waals surface area (Å²) in [5, 5.41) is 3.14. The number of rotatable bonds is 2. The van der Waals surface area contributed by atoms with Crippen molar-refractivity contribution >= 4 is 34.8 Å². The molecular formula is C10H8Cl2N4O. The Morgan fingerprint density at radius 1 is 1.35 bits per heavy atom. The van der Waals surface area contributed by atoms with E-state index in [2.05, 4.69) is 15.3 Å². The second-order valence-corrected chi connectivity index (χ2v) is 4.00. The molecule has 0 bridgehead atoms. The zero-order chi connectivity index (χ0) is 12.4. The Hall–Kier alpha value is -1.59. The minimum absolute atomic E-state index is 0.150. The third-order valence-electron chi connectivity index (χ3n) is 1.98. The maximum atomic E-state index is 10.8. The maximum Gasteiger partial charge on any atom is 0.221 e. The minimum Gasteiger partial charge on any atom is -0.325 e. The molecule has 0 saturated carbocycles. The van der Waals surface area contributed by atoms with Gasteiger partial charge in [-0.15, -0.1) is 0 Å². The summed E-state index contributed by atoms with van der Waals surface area (Å²) in [5.41, 5.74) is 0.614. The number of imidazole rings is 1. The molecular weight excluding hydrogens is 263 g/mol. The minimum atomic E-state index is -0.150. The zero-order valence-electron chi connectivity index (χ0n) is 8.82. The van der Waals surface area contributed by atoms with Crippen LogP contribution in [0.25, 0.3) is 5.82 Å². The predicted molar refractivity (Wildman–Crippen MR) is 65.7 cm³/mol. The highest BCUT2D eigenvalue weighted by Crippen LogP contribution is 2.22. The van der Waals surface area contributed by atoms with Gasteiger partial charge in [0.15, 0.2) is 10.3 Å². The first-order chi connectivity index (χ1) is 8.08. The van der Waals surface area contributed by atoms with E-state index in [-0.39, 0.29) is 11.1 Å². The predicted octanol–water partition coefficient (Wildman–Crippen LogP) is 2.53. The third kappa shape index (κ3) is 2.57. The van der Waals surface area contributed by atoms with Crippen molar-refractivity contribution in [2.24, 2.45) is 0 Å². The highest BCUT2D eigenvalue weighted by atomic mass is 35.5. The topological polar surface area (TPSA) is 59.8 Å². The first-order valence-electron chi connectivity index (χ1n) is 4.70. The SMILES string of the molecule is CC(=O)Nc1ccc(-n2cnc(Cl)c2Cl)nc1. The van der Waals surface area contributed by atoms with Crippen LogP contribution in [0.2, 0.25) is 10.3 Å². The van der Waals surface area contributed by atoms with Crippen LogP contribution in [0.3, 0.4) is 0 Å². The smallest absolute Gasteiger partial charge is 0.221 e. The van der Waals surface area contributed by atoms with Gasteiger partial charge in [0, 0.05) is 6.92 Å². The van der Waals surface area contributed by atoms with Crippen molar-refractivity contribution in [2.45, 2.75) is 6.92 Å². The maximum absolute atomic E-state index is 10.8. The van der Waals surface area contributed by atoms with E-state index in [1.807, 2.05) is 0 Å². The molecule has 0 fully saturated rings. The Morgan fingerprint density at radius 2 is 2.12 bits per heavy atom. The molecule has 0 aliphatic rings. The van der Waals surface area contributed by atoms with Crippen molar-refractivity contribution in [1.82, 2.24) is 14.5 Å². The molecule has 17 heavy (non-hydrogen) atoms. The number of amides is 1. The summed E-state index contributed by atoms with van der Waals surface area (Å²) in [6, 6.07) is 3.42. The van der Waals surface area contributed by atoms with Gasteiger partial charge in [-0.05, 0) is 12.1 Å². The van der Waals surface area contributed by atoms with Crippen molar-refractivity contribution in [3.05, 3.63) is 35.0 Å². The molecule has 2 heterocycles. The number of carbonyl (C=O) groups is 1. The monoisotopic (exact) mass is 270 g/mol. The van der Waals surface area contributed by atoms with E-state index in [1.54, 1.807) is 16.7 Å². The Balaban J connectivity index is 2.29. The van der Waals surface area contributed by atoms with Gasteiger partial charge in [0.05, 0.1) is 11.9 Å². The molecule has 2 aromatic heterocycles. The highest BCUT2D eigenvalue weighted by Gasteiger charge is 2.08. The van der Waals surface area contributed by atoms with E-state index in [1.165, 1.54) is 19.4 Å². The largest absolute Gasteiger partial charge is 0.325 e. The van der Waals surface area contributed by atoms with E-state index in [0.29, 0.717) is 16.7 Å². The third-order valence-corrected chi connectivity index (χ3v) is 2.72. The van der Waals surface area contributed by atoms with Crippen LogP contribution in [0.4, 0.5) is 5.69 Å². The summed E-state index contributed by atoms with van der Waals surface area (Å²) in [7, 11) is 0. The van der Waals surface area contributed by atoms with Crippen LogP contribution in [0, 0.1) is 0 Å². The Kier molecular flexibility index (Phi) is 3.31. The van der Waals surface area contributed by atoms with Gasteiger partial charge in [-0.3, -0.25) is 9.36 Å². The lowest BCUT2D eigenvalue weighted by molar-refractivity contribution is -0.114. The molecule has 0 unspecified atom stereocenters. The van der Waals surface area contributed by atoms with Crippen LogP contribution in [0.5, 0.6) is 0 Å². The fraction of sp³-hybridized carbons (Fsp3) is 0.100. The Labute approximate surface area is 107 Å². The second-order valence-electron chi connectivity index (χ2n) is 3.28. The van der Waals surface area contributed by atoms with Crippen LogP contribution >= 0.6 is 23.2 Å². The number of hydrogen-bond donors (Lipinski definition) is 1. The molecule has 0 radical (unpaired) electrons. The molecule has 2 rings (SSSR count). The Morgan fingerprint density at radius 3 is 2.59 bits per heavy atom. The van der Waals surface area contributed by atoms with Crippen LogP contribution in [-0.2, 0) is 4.79 Å². The summed E-state index contributed by atoms with van der Waals surface area (Å²) in [6.45, 7) is 1.43. The summed E-state index contributed by atoms with van der Waals surface area (Å²) in [4.78, 5) is 18.8. The lowest BCUT2D eigenvalue weighted by Gasteiger charge is -2.05. The van der Waals surface area contributed by atoms with Gasteiger partial charge in [0.25, 0.3) is 0 Å². The number of nitrogens with one attached hydrogen (secondary N) is 1. The molecule has 88 valence electrons. The molecule has 7 heteroatoms. The first-order valence-corrected chi connectivity index (χ1v) is 5.46. The van der Waals surface area contributed by atoms with Gasteiger partial charge in [0.1, 0.15) is 12.1 Å². The number of hydrogen-bond acceptors (Lipinski definition) is 3. The van der Waals surface area contributed by atoms with Crippen molar-refractivity contribution in [1.29, 1.82) is 0 Å². The van der Waals surface area contributed by atoms with Gasteiger partial charge in [-0.25, -0.2) is 9.97 Å². The quantitative estimate of drug-likeness (QED) is 0.913. The molecule has 5 nitrogen and oxygen atoms in total. The van der Waals surface area contributed by atoms with Crippen LogP contribution < -0.4 is 5.32 Å². The number of nitrogens with zero attached hydrogens (tertiary/aromatic N) is 3. The lowest BCUT2D eigenvalue weighted by Crippen LogP contribution is -2.06. The van der Waals surface area contributed by atoms with Crippen LogP contribution in [-0.4, -0.2) is 20.4 Å². The first kappa shape index (κ1) is 11.9. The summed E-state index contributed by atoms with van der Waals surface area (Å²) in [6.07, 6.45) is 3.01. The summed E-state index contributed by atoms with van der Waals surface area (Å²) >= 11 is 11.7. The number of carbonyl (C=O) groups excluding carboxylic acids is 1. The fourth-order valence-electron chi connectivity index (χ4n) is 1.28. The zero-order valence-corrected chi connectivity index (χ0v) is 10.3. The molecule has 0 aliphatic carbocycles. The van der Waals surface area contributed by atoms with Gasteiger partial charge < -0.3 is 5.32 Å². The van der Waals surface area contributed by atoms with Crippen molar-refractivity contribution in [3.63, 3.8) is 0 Å². The van der Waals surface area contributed by atoms with E-state index in [9.17, 15) is 4.79 Å². The fourth-order valence-corrected chi connectivity index (χ4v) is 1.59. The van der Waals surface area contributed by atoms with E-state index >= 15 is 0 Å². The van der Waals surface area contributed by atoms with E-state index in [4.69, 9.17) is 23.2 Å². The average molecular weight is 271 g/mol. The van der Waals surface area contributed by atoms with Gasteiger partial charge >= 0.3 is 0 Å². The van der Waals surface area contributed by atoms with E-state index < -0.39 is 0 Å².